The number of nitrogens with one attached hydrogen (secondary N) is 2. The number of hydrogen-bond acceptors (Lipinski definition) is 6. The van der Waals surface area contributed by atoms with Crippen molar-refractivity contribution in [2.24, 2.45) is 0 Å². The summed E-state index contributed by atoms with van der Waals surface area (Å²) in [6.45, 7) is 2.77. The maximum Gasteiger partial charge on any atom is 0.287 e. The van der Waals surface area contributed by atoms with Gasteiger partial charge >= 0.3 is 0 Å². The summed E-state index contributed by atoms with van der Waals surface area (Å²) in [5.41, 5.74) is 2.65. The van der Waals surface area contributed by atoms with Crippen LogP contribution in [0.3, 0.4) is 0 Å². The fourth-order valence-corrected chi connectivity index (χ4v) is 4.26. The molecule has 2 amide bonds. The summed E-state index contributed by atoms with van der Waals surface area (Å²) in [4.78, 5) is 26.2. The van der Waals surface area contributed by atoms with E-state index in [4.69, 9.17) is 18.3 Å². The average Bonchev–Trinajstić information content (AvgIpc) is 3.42. The molecular formula is C27H30N2O6. The Kier molecular flexibility index (Phi) is 7.84. The van der Waals surface area contributed by atoms with Gasteiger partial charge in [-0.15, -0.1) is 0 Å². The van der Waals surface area contributed by atoms with Gasteiger partial charge in [0, 0.05) is 48.7 Å². The van der Waals surface area contributed by atoms with Crippen molar-refractivity contribution in [3.63, 3.8) is 0 Å². The van der Waals surface area contributed by atoms with Crippen molar-refractivity contribution in [1.82, 2.24) is 10.6 Å². The van der Waals surface area contributed by atoms with Crippen molar-refractivity contribution >= 4 is 33.8 Å². The molecule has 1 unspecified atom stereocenters. The van der Waals surface area contributed by atoms with Crippen LogP contribution in [-0.4, -0.2) is 38.6 Å². The highest BCUT2D eigenvalue weighted by atomic mass is 16.5. The molecule has 0 saturated carbocycles. The van der Waals surface area contributed by atoms with Gasteiger partial charge < -0.3 is 28.9 Å². The van der Waals surface area contributed by atoms with Crippen LogP contribution in [0.25, 0.3) is 21.9 Å². The molecule has 35 heavy (non-hydrogen) atoms. The van der Waals surface area contributed by atoms with Crippen molar-refractivity contribution < 1.29 is 27.9 Å². The number of rotatable bonds is 11. The number of benzene rings is 2. The predicted molar refractivity (Wildman–Crippen MR) is 132 cm³/mol. The molecule has 4 rings (SSSR count). The van der Waals surface area contributed by atoms with Gasteiger partial charge in [0.2, 0.25) is 0 Å². The molecule has 2 N–H and O–H groups in total. The first-order valence-corrected chi connectivity index (χ1v) is 11.6. The summed E-state index contributed by atoms with van der Waals surface area (Å²) >= 11 is 0. The molecule has 0 aliphatic heterocycles. The molecule has 0 bridgehead atoms. The van der Waals surface area contributed by atoms with Crippen molar-refractivity contribution in [2.45, 2.75) is 39.0 Å². The molecule has 184 valence electrons. The van der Waals surface area contributed by atoms with E-state index < -0.39 is 0 Å². The van der Waals surface area contributed by atoms with Crippen molar-refractivity contribution in [3.05, 3.63) is 71.2 Å². The molecule has 2 aromatic carbocycles. The number of amides is 2. The lowest BCUT2D eigenvalue weighted by Gasteiger charge is -2.18. The summed E-state index contributed by atoms with van der Waals surface area (Å²) in [7, 11) is 3.15. The van der Waals surface area contributed by atoms with Crippen LogP contribution in [0.4, 0.5) is 0 Å². The van der Waals surface area contributed by atoms with E-state index in [2.05, 4.69) is 10.6 Å². The number of ether oxygens (including phenoxy) is 2. The first kappa shape index (κ1) is 24.5. The maximum absolute atomic E-state index is 13.2. The molecule has 2 heterocycles. The van der Waals surface area contributed by atoms with Crippen molar-refractivity contribution in [2.75, 3.05) is 20.8 Å². The Labute approximate surface area is 203 Å². The van der Waals surface area contributed by atoms with E-state index in [1.807, 2.05) is 55.5 Å². The van der Waals surface area contributed by atoms with Gasteiger partial charge in [-0.2, -0.15) is 0 Å². The lowest BCUT2D eigenvalue weighted by Crippen LogP contribution is -2.43. The van der Waals surface area contributed by atoms with Gasteiger partial charge in [0.05, 0.1) is 13.2 Å². The third-order valence-electron chi connectivity index (χ3n) is 5.87. The molecule has 0 fully saturated rings. The van der Waals surface area contributed by atoms with Crippen LogP contribution in [0.5, 0.6) is 0 Å². The highest BCUT2D eigenvalue weighted by molar-refractivity contribution is 6.00. The SMILES string of the molecule is CCCC(CNC(=O)c1oc2ccccc2c1COC)NC(=O)c1oc2ccccc2c1COC. The zero-order valence-corrected chi connectivity index (χ0v) is 20.2. The minimum absolute atomic E-state index is 0.217. The molecule has 0 radical (unpaired) electrons. The first-order chi connectivity index (χ1) is 17.1. The first-order valence-electron chi connectivity index (χ1n) is 11.6. The van der Waals surface area contributed by atoms with Gasteiger partial charge in [-0.25, -0.2) is 0 Å². The molecule has 0 aliphatic rings. The predicted octanol–water partition coefficient (Wildman–Crippen LogP) is 4.80. The summed E-state index contributed by atoms with van der Waals surface area (Å²) in [5, 5.41) is 7.60. The van der Waals surface area contributed by atoms with Crippen molar-refractivity contribution in [3.8, 4) is 0 Å². The van der Waals surface area contributed by atoms with Crippen LogP contribution in [0.2, 0.25) is 0 Å². The molecule has 8 nitrogen and oxygen atoms in total. The lowest BCUT2D eigenvalue weighted by molar-refractivity contribution is 0.0874. The van der Waals surface area contributed by atoms with E-state index in [9.17, 15) is 9.59 Å². The minimum atomic E-state index is -0.354. The van der Waals surface area contributed by atoms with Crippen molar-refractivity contribution in [1.29, 1.82) is 0 Å². The second-order valence-electron chi connectivity index (χ2n) is 8.35. The third-order valence-corrected chi connectivity index (χ3v) is 5.87. The van der Waals surface area contributed by atoms with Crippen LogP contribution >= 0.6 is 0 Å². The van der Waals surface area contributed by atoms with Crippen LogP contribution in [0, 0.1) is 0 Å². The fraction of sp³-hybridized carbons (Fsp3) is 0.333. The molecule has 0 saturated heterocycles. The number of carbonyl (C=O) groups excluding carboxylic acids is 2. The van der Waals surface area contributed by atoms with E-state index >= 15 is 0 Å². The summed E-state index contributed by atoms with van der Waals surface area (Å²) < 4.78 is 22.3. The van der Waals surface area contributed by atoms with E-state index in [0.717, 1.165) is 17.2 Å². The average molecular weight is 479 g/mol. The Morgan fingerprint density at radius 1 is 0.829 bits per heavy atom. The second kappa shape index (κ2) is 11.2. The number of para-hydroxylation sites is 2. The van der Waals surface area contributed by atoms with Crippen LogP contribution in [-0.2, 0) is 22.7 Å². The Morgan fingerprint density at radius 3 is 1.86 bits per heavy atom. The number of fused-ring (bicyclic) bond motifs is 2. The Balaban J connectivity index is 1.50. The maximum atomic E-state index is 13.2. The standard InChI is InChI=1S/C27H30N2O6/c1-4-9-17(29-27(31)25-21(16-33-3)19-11-6-8-13-23(19)35-25)14-28-26(30)24-20(15-32-2)18-10-5-7-12-22(18)34-24/h5-8,10-13,17H,4,9,14-16H2,1-3H3,(H,28,30)(H,29,31). The zero-order valence-electron chi connectivity index (χ0n) is 20.2. The minimum Gasteiger partial charge on any atom is -0.451 e. The molecular weight excluding hydrogens is 448 g/mol. The van der Waals surface area contributed by atoms with Crippen LogP contribution in [0.15, 0.2) is 57.4 Å². The van der Waals surface area contributed by atoms with Gasteiger partial charge in [0.15, 0.2) is 11.5 Å². The second-order valence-corrected chi connectivity index (χ2v) is 8.35. The monoisotopic (exact) mass is 478 g/mol. The quantitative estimate of drug-likeness (QED) is 0.321. The van der Waals surface area contributed by atoms with Gasteiger partial charge in [0.25, 0.3) is 11.8 Å². The Hall–Kier alpha value is -3.62. The summed E-state index contributed by atoms with van der Waals surface area (Å²) in [5.74, 6) is -0.258. The molecule has 2 aromatic heterocycles. The third kappa shape index (κ3) is 5.23. The normalized spacial score (nSPS) is 12.2. The Morgan fingerprint density at radius 2 is 1.34 bits per heavy atom. The molecule has 8 heteroatoms. The molecule has 4 aromatic rings. The highest BCUT2D eigenvalue weighted by Crippen LogP contribution is 2.28. The van der Waals surface area contributed by atoms with Gasteiger partial charge in [-0.1, -0.05) is 49.7 Å². The van der Waals surface area contributed by atoms with Gasteiger partial charge in [-0.3, -0.25) is 9.59 Å². The summed E-state index contributed by atoms with van der Waals surface area (Å²) in [6.07, 6.45) is 1.50. The molecule has 0 aliphatic carbocycles. The van der Waals surface area contributed by atoms with E-state index in [-0.39, 0.29) is 49.1 Å². The lowest BCUT2D eigenvalue weighted by atomic mass is 10.1. The number of hydrogen-bond donors (Lipinski definition) is 2. The number of carbonyl (C=O) groups is 2. The van der Waals surface area contributed by atoms with Gasteiger partial charge in [-0.05, 0) is 18.6 Å². The highest BCUT2D eigenvalue weighted by Gasteiger charge is 2.24. The summed E-state index contributed by atoms with van der Waals surface area (Å²) in [6, 6.07) is 14.6. The van der Waals surface area contributed by atoms with E-state index in [0.29, 0.717) is 28.7 Å². The van der Waals surface area contributed by atoms with Crippen LogP contribution < -0.4 is 10.6 Å². The fourth-order valence-electron chi connectivity index (χ4n) is 4.26. The number of methoxy groups -OCH3 is 2. The topological polar surface area (TPSA) is 103 Å². The van der Waals surface area contributed by atoms with E-state index in [1.165, 1.54) is 0 Å². The smallest absolute Gasteiger partial charge is 0.287 e. The Bertz CT molecular complexity index is 1320. The largest absolute Gasteiger partial charge is 0.451 e. The molecule has 1 atom stereocenters. The van der Waals surface area contributed by atoms with Crippen LogP contribution in [0.1, 0.15) is 52.0 Å². The van der Waals surface area contributed by atoms with Gasteiger partial charge in [0.1, 0.15) is 11.2 Å². The van der Waals surface area contributed by atoms with E-state index in [1.54, 1.807) is 14.2 Å². The molecule has 0 spiro atoms. The number of furan rings is 2. The zero-order chi connectivity index (χ0) is 24.8.